The summed E-state index contributed by atoms with van der Waals surface area (Å²) in [5.41, 5.74) is 0.769. The van der Waals surface area contributed by atoms with Crippen LogP contribution < -0.4 is 0 Å². The van der Waals surface area contributed by atoms with Crippen LogP contribution in [0.2, 0.25) is 0 Å². The maximum absolute atomic E-state index is 11.9. The van der Waals surface area contributed by atoms with E-state index in [4.69, 9.17) is 9.47 Å². The molecule has 0 fully saturated rings. The molecule has 20 heavy (non-hydrogen) atoms. The number of esters is 2. The standard InChI is InChI=1S/C14H18O6/c1-3-19-13(17)11-5-9(7-15)10(8-16)6-12(11)14(18)20-4-2/h5-6,15-16H,3-4,7-8H2,1-2H3. The van der Waals surface area contributed by atoms with Crippen LogP contribution in [0.25, 0.3) is 0 Å². The van der Waals surface area contributed by atoms with Crippen molar-refractivity contribution < 1.29 is 29.3 Å². The van der Waals surface area contributed by atoms with E-state index in [0.29, 0.717) is 11.1 Å². The van der Waals surface area contributed by atoms with Crippen LogP contribution >= 0.6 is 0 Å². The summed E-state index contributed by atoms with van der Waals surface area (Å²) in [6.07, 6.45) is 0. The number of ether oxygens (including phenoxy) is 2. The van der Waals surface area contributed by atoms with Crippen LogP contribution in [0.1, 0.15) is 45.7 Å². The van der Waals surface area contributed by atoms with E-state index < -0.39 is 11.9 Å². The van der Waals surface area contributed by atoms with Gasteiger partial charge in [-0.3, -0.25) is 0 Å². The molecule has 1 rings (SSSR count). The molecule has 2 N–H and O–H groups in total. The number of hydrogen-bond donors (Lipinski definition) is 2. The maximum atomic E-state index is 11.9. The molecule has 0 atom stereocenters. The van der Waals surface area contributed by atoms with Gasteiger partial charge in [0.15, 0.2) is 0 Å². The van der Waals surface area contributed by atoms with Gasteiger partial charge in [-0.15, -0.1) is 0 Å². The van der Waals surface area contributed by atoms with Crippen LogP contribution in [0.15, 0.2) is 12.1 Å². The number of carbonyl (C=O) groups is 2. The van der Waals surface area contributed by atoms with Crippen molar-refractivity contribution in [2.75, 3.05) is 13.2 Å². The zero-order chi connectivity index (χ0) is 15.1. The zero-order valence-corrected chi connectivity index (χ0v) is 11.5. The zero-order valence-electron chi connectivity index (χ0n) is 11.5. The molecule has 6 nitrogen and oxygen atoms in total. The molecule has 0 aliphatic heterocycles. The van der Waals surface area contributed by atoms with Crippen LogP contribution in [-0.4, -0.2) is 35.4 Å². The van der Waals surface area contributed by atoms with Gasteiger partial charge in [-0.2, -0.15) is 0 Å². The molecule has 0 bridgehead atoms. The molecule has 0 aliphatic rings. The minimum absolute atomic E-state index is 0.0200. The van der Waals surface area contributed by atoms with Gasteiger partial charge in [0.1, 0.15) is 0 Å². The van der Waals surface area contributed by atoms with Gasteiger partial charge in [0.25, 0.3) is 0 Å². The van der Waals surface area contributed by atoms with Gasteiger partial charge < -0.3 is 19.7 Å². The molecule has 0 spiro atoms. The second-order valence-corrected chi connectivity index (χ2v) is 3.92. The second-order valence-electron chi connectivity index (χ2n) is 3.92. The number of rotatable bonds is 6. The fraction of sp³-hybridized carbons (Fsp3) is 0.429. The van der Waals surface area contributed by atoms with Crippen LogP contribution in [0.5, 0.6) is 0 Å². The molecule has 0 saturated carbocycles. The third-order valence-corrected chi connectivity index (χ3v) is 2.67. The van der Waals surface area contributed by atoms with Crippen molar-refractivity contribution in [2.24, 2.45) is 0 Å². The van der Waals surface area contributed by atoms with E-state index in [1.54, 1.807) is 13.8 Å². The van der Waals surface area contributed by atoms with Crippen molar-refractivity contribution in [1.82, 2.24) is 0 Å². The fourth-order valence-corrected chi connectivity index (χ4v) is 1.74. The summed E-state index contributed by atoms with van der Waals surface area (Å²) >= 11 is 0. The quantitative estimate of drug-likeness (QED) is 0.757. The summed E-state index contributed by atoms with van der Waals surface area (Å²) in [6, 6.07) is 2.69. The van der Waals surface area contributed by atoms with Crippen molar-refractivity contribution >= 4 is 11.9 Å². The molecule has 1 aromatic carbocycles. The van der Waals surface area contributed by atoms with Gasteiger partial charge >= 0.3 is 11.9 Å². The summed E-state index contributed by atoms with van der Waals surface area (Å²) in [6.45, 7) is 2.92. The molecule has 0 aliphatic carbocycles. The normalized spacial score (nSPS) is 10.2. The minimum Gasteiger partial charge on any atom is -0.462 e. The van der Waals surface area contributed by atoms with Crippen LogP contribution in [0, 0.1) is 0 Å². The second kappa shape index (κ2) is 7.62. The molecule has 0 amide bonds. The van der Waals surface area contributed by atoms with Crippen molar-refractivity contribution in [3.63, 3.8) is 0 Å². The summed E-state index contributed by atoms with van der Waals surface area (Å²) in [5.74, 6) is -1.34. The van der Waals surface area contributed by atoms with E-state index >= 15 is 0 Å². The Morgan fingerprint density at radius 3 is 1.50 bits per heavy atom. The number of benzene rings is 1. The Morgan fingerprint density at radius 1 is 0.900 bits per heavy atom. The Bertz CT molecular complexity index is 450. The van der Waals surface area contributed by atoms with Crippen molar-refractivity contribution in [2.45, 2.75) is 27.1 Å². The summed E-state index contributed by atoms with van der Waals surface area (Å²) in [5, 5.41) is 18.5. The predicted octanol–water partition coefficient (Wildman–Crippen LogP) is 1.02. The number of aliphatic hydroxyl groups excluding tert-OH is 2. The van der Waals surface area contributed by atoms with Gasteiger partial charge in [0, 0.05) is 0 Å². The average molecular weight is 282 g/mol. The Labute approximate surface area is 116 Å². The molecular weight excluding hydrogens is 264 g/mol. The highest BCUT2D eigenvalue weighted by atomic mass is 16.5. The number of hydrogen-bond acceptors (Lipinski definition) is 6. The predicted molar refractivity (Wildman–Crippen MR) is 70.2 cm³/mol. The maximum Gasteiger partial charge on any atom is 0.339 e. The Kier molecular flexibility index (Phi) is 6.14. The van der Waals surface area contributed by atoms with Crippen LogP contribution in [-0.2, 0) is 22.7 Å². The monoisotopic (exact) mass is 282 g/mol. The Balaban J connectivity index is 3.36. The number of aliphatic hydroxyl groups is 2. The largest absolute Gasteiger partial charge is 0.462 e. The van der Waals surface area contributed by atoms with E-state index in [1.165, 1.54) is 12.1 Å². The van der Waals surface area contributed by atoms with Gasteiger partial charge in [0.2, 0.25) is 0 Å². The lowest BCUT2D eigenvalue weighted by atomic mass is 9.98. The lowest BCUT2D eigenvalue weighted by Gasteiger charge is -2.13. The van der Waals surface area contributed by atoms with Crippen LogP contribution in [0.3, 0.4) is 0 Å². The molecule has 1 aromatic rings. The summed E-state index contributed by atoms with van der Waals surface area (Å²) in [7, 11) is 0. The van der Waals surface area contributed by atoms with Crippen molar-refractivity contribution in [3.05, 3.63) is 34.4 Å². The number of carbonyl (C=O) groups excluding carboxylic acids is 2. The molecule has 0 saturated heterocycles. The Hall–Kier alpha value is -1.92. The highest BCUT2D eigenvalue weighted by Gasteiger charge is 2.21. The van der Waals surface area contributed by atoms with E-state index in [-0.39, 0.29) is 37.6 Å². The lowest BCUT2D eigenvalue weighted by molar-refractivity contribution is 0.0478. The molecule has 0 aromatic heterocycles. The molecule has 0 heterocycles. The van der Waals surface area contributed by atoms with E-state index in [0.717, 1.165) is 0 Å². The highest BCUT2D eigenvalue weighted by molar-refractivity contribution is 6.03. The first kappa shape index (κ1) is 16.1. The van der Waals surface area contributed by atoms with Crippen molar-refractivity contribution in [3.8, 4) is 0 Å². The highest BCUT2D eigenvalue weighted by Crippen LogP contribution is 2.20. The first-order valence-corrected chi connectivity index (χ1v) is 6.30. The van der Waals surface area contributed by atoms with Crippen molar-refractivity contribution in [1.29, 1.82) is 0 Å². The molecule has 110 valence electrons. The third kappa shape index (κ3) is 3.55. The Morgan fingerprint density at radius 2 is 1.25 bits per heavy atom. The smallest absolute Gasteiger partial charge is 0.339 e. The van der Waals surface area contributed by atoms with Gasteiger partial charge in [-0.1, -0.05) is 0 Å². The topological polar surface area (TPSA) is 93.1 Å². The molecular formula is C14H18O6. The lowest BCUT2D eigenvalue weighted by Crippen LogP contribution is -2.16. The van der Waals surface area contributed by atoms with E-state index in [9.17, 15) is 19.8 Å². The third-order valence-electron chi connectivity index (χ3n) is 2.67. The summed E-state index contributed by atoms with van der Waals surface area (Å²) in [4.78, 5) is 23.7. The average Bonchev–Trinajstić information content (AvgIpc) is 2.46. The van der Waals surface area contributed by atoms with E-state index in [2.05, 4.69) is 0 Å². The SMILES string of the molecule is CCOC(=O)c1cc(CO)c(CO)cc1C(=O)OCC. The van der Waals surface area contributed by atoms with Gasteiger partial charge in [0.05, 0.1) is 37.6 Å². The first-order chi connectivity index (χ1) is 9.58. The van der Waals surface area contributed by atoms with Gasteiger partial charge in [-0.05, 0) is 37.1 Å². The van der Waals surface area contributed by atoms with Gasteiger partial charge in [-0.25, -0.2) is 9.59 Å². The molecule has 0 unspecified atom stereocenters. The fourth-order valence-electron chi connectivity index (χ4n) is 1.74. The summed E-state index contributed by atoms with van der Waals surface area (Å²) < 4.78 is 9.76. The minimum atomic E-state index is -0.672. The first-order valence-electron chi connectivity index (χ1n) is 6.30. The van der Waals surface area contributed by atoms with E-state index in [1.807, 2.05) is 0 Å². The molecule has 6 heteroatoms. The molecule has 0 radical (unpaired) electrons. The van der Waals surface area contributed by atoms with Crippen LogP contribution in [0.4, 0.5) is 0 Å².